The van der Waals surface area contributed by atoms with E-state index in [9.17, 15) is 38.4 Å². The topological polar surface area (TPSA) is 284 Å². The highest BCUT2D eigenvalue weighted by Crippen LogP contribution is 2.30. The standard InChI is InChI=1S/C18H15NO5.C17H13NO5.C11H12O4.C10H10O4.CH2Cl2/c1-22-17(20)12-9-7-11(8-10-12)15(18(21)23-2)16-19-13-5-3-4-6-14(13)24-16;1-22-17(21)14(10-6-8-11(9-7-10)16(19)20)15-18-12-4-2-3-5-13(12)23-15;1-14-10(12)7-8-3-5-9(6-4-8)11(13)15-2;1-14-9(11)6-7-2-4-8(5-3-7)10(12)13;2-1-3/h3-10,15H,1-2H3;2-9,14H,1H3,(H,19,20);3-6H,7H2,1-2H3;2-5H,6H2,1H3,(H,12,13);1H2. The number of esters is 6. The molecule has 0 amide bonds. The molecule has 0 radical (unpaired) electrons. The Hall–Kier alpha value is -9.40. The zero-order valence-corrected chi connectivity index (χ0v) is 44.7. The number of aromatic nitrogens is 2. The second-order valence-electron chi connectivity index (χ2n) is 15.8. The van der Waals surface area contributed by atoms with Crippen molar-refractivity contribution in [1.82, 2.24) is 9.97 Å². The second kappa shape index (κ2) is 31.6. The summed E-state index contributed by atoms with van der Waals surface area (Å²) < 4.78 is 39.3. The Morgan fingerprint density at radius 2 is 0.734 bits per heavy atom. The molecule has 0 aliphatic carbocycles. The SMILES string of the molecule is COC(=O)C(c1ccc(C(=O)O)cc1)c1nc2ccccc2o1.COC(=O)Cc1ccc(C(=O)O)cc1.COC(=O)Cc1ccc(C(=O)OC)cc1.COC(=O)c1ccc(C(C(=O)OC)c2nc3ccccc3o2)cc1.ClCCl. The van der Waals surface area contributed by atoms with Crippen LogP contribution in [0.5, 0.6) is 0 Å². The predicted octanol–water partition coefficient (Wildman–Crippen LogP) is 9.46. The monoisotopic (exact) mass is 1120 g/mol. The summed E-state index contributed by atoms with van der Waals surface area (Å²) in [5.41, 5.74) is 6.35. The molecular formula is C57H52Cl2N2O18. The fourth-order valence-corrected chi connectivity index (χ4v) is 6.89. The summed E-state index contributed by atoms with van der Waals surface area (Å²) in [7, 11) is 7.88. The Morgan fingerprint density at radius 3 is 1.03 bits per heavy atom. The minimum absolute atomic E-state index is 0.134. The van der Waals surface area contributed by atoms with E-state index in [1.807, 2.05) is 24.3 Å². The molecule has 2 unspecified atom stereocenters. The molecule has 6 aromatic carbocycles. The molecule has 8 rings (SSSR count). The minimum atomic E-state index is -1.03. The zero-order valence-electron chi connectivity index (χ0n) is 43.2. The Balaban J connectivity index is 0.000000229. The molecular weight excluding hydrogens is 1070 g/mol. The van der Waals surface area contributed by atoms with E-state index < -0.39 is 41.7 Å². The highest BCUT2D eigenvalue weighted by molar-refractivity contribution is 6.40. The average molecular weight is 1120 g/mol. The van der Waals surface area contributed by atoms with Gasteiger partial charge in [-0.1, -0.05) is 72.8 Å². The third-order valence-electron chi connectivity index (χ3n) is 10.9. The van der Waals surface area contributed by atoms with Crippen LogP contribution in [0, 0.1) is 0 Å². The summed E-state index contributed by atoms with van der Waals surface area (Å²) in [5, 5.41) is 17.8. The number of carboxylic acid groups (broad SMARTS) is 2. The molecule has 2 N–H and O–H groups in total. The van der Waals surface area contributed by atoms with Crippen molar-refractivity contribution in [2.75, 3.05) is 48.0 Å². The van der Waals surface area contributed by atoms with Gasteiger partial charge in [0.2, 0.25) is 11.8 Å². The third kappa shape index (κ3) is 18.4. The van der Waals surface area contributed by atoms with Crippen molar-refractivity contribution in [3.05, 3.63) is 202 Å². The number of fused-ring (bicyclic) bond motifs is 2. The number of hydrogen-bond donors (Lipinski definition) is 2. The van der Waals surface area contributed by atoms with Crippen LogP contribution in [-0.4, -0.2) is 116 Å². The van der Waals surface area contributed by atoms with Crippen LogP contribution in [-0.2, 0) is 60.4 Å². The lowest BCUT2D eigenvalue weighted by atomic mass is 9.98. The van der Waals surface area contributed by atoms with Gasteiger partial charge < -0.3 is 47.5 Å². The van der Waals surface area contributed by atoms with Gasteiger partial charge in [-0.05, 0) is 95.1 Å². The number of benzene rings is 6. The van der Waals surface area contributed by atoms with E-state index in [0.717, 1.165) is 11.1 Å². The minimum Gasteiger partial charge on any atom is -0.478 e. The van der Waals surface area contributed by atoms with Crippen LogP contribution in [0.25, 0.3) is 22.2 Å². The largest absolute Gasteiger partial charge is 0.478 e. The first-order valence-electron chi connectivity index (χ1n) is 23.1. The number of aromatic carboxylic acids is 2. The van der Waals surface area contributed by atoms with Crippen molar-refractivity contribution >= 4 is 93.2 Å². The number of carboxylic acids is 2. The molecule has 8 aromatic rings. The zero-order chi connectivity index (χ0) is 58.0. The van der Waals surface area contributed by atoms with Crippen LogP contribution in [0.2, 0.25) is 0 Å². The number of carbonyl (C=O) groups is 8. The van der Waals surface area contributed by atoms with Gasteiger partial charge in [0.05, 0.1) is 83.1 Å². The number of halogens is 2. The maximum atomic E-state index is 12.3. The van der Waals surface area contributed by atoms with Gasteiger partial charge in [0.25, 0.3) is 0 Å². The van der Waals surface area contributed by atoms with Crippen LogP contribution >= 0.6 is 23.2 Å². The van der Waals surface area contributed by atoms with Crippen LogP contribution in [0.1, 0.15) is 87.3 Å². The molecule has 0 saturated carbocycles. The number of carbonyl (C=O) groups excluding carboxylic acids is 6. The lowest BCUT2D eigenvalue weighted by Crippen LogP contribution is -2.16. The normalized spacial score (nSPS) is 10.8. The fraction of sp³-hybridized carbons (Fsp3) is 0.193. The lowest BCUT2D eigenvalue weighted by molar-refractivity contribution is -0.142. The van der Waals surface area contributed by atoms with E-state index >= 15 is 0 Å². The van der Waals surface area contributed by atoms with Gasteiger partial charge in [-0.3, -0.25) is 19.2 Å². The molecule has 2 aromatic heterocycles. The average Bonchev–Trinajstić information content (AvgIpc) is 4.17. The second-order valence-corrected chi connectivity index (χ2v) is 16.6. The summed E-state index contributed by atoms with van der Waals surface area (Å²) in [4.78, 5) is 99.0. The Kier molecular flexibility index (Phi) is 24.9. The van der Waals surface area contributed by atoms with Gasteiger partial charge >= 0.3 is 47.8 Å². The molecule has 412 valence electrons. The first kappa shape index (κ1) is 62.1. The van der Waals surface area contributed by atoms with E-state index in [-0.39, 0.29) is 59.0 Å². The molecule has 0 spiro atoms. The Bertz CT molecular complexity index is 3250. The highest BCUT2D eigenvalue weighted by Gasteiger charge is 2.30. The van der Waals surface area contributed by atoms with E-state index in [0.29, 0.717) is 44.5 Å². The molecule has 22 heteroatoms. The Labute approximate surface area is 461 Å². The number of ether oxygens (including phenoxy) is 6. The van der Waals surface area contributed by atoms with Crippen molar-refractivity contribution in [1.29, 1.82) is 0 Å². The van der Waals surface area contributed by atoms with Gasteiger partial charge in [-0.15, -0.1) is 23.2 Å². The number of para-hydroxylation sites is 4. The lowest BCUT2D eigenvalue weighted by Gasteiger charge is -2.12. The van der Waals surface area contributed by atoms with Crippen molar-refractivity contribution in [3.8, 4) is 0 Å². The van der Waals surface area contributed by atoms with Gasteiger partial charge in [0.1, 0.15) is 11.0 Å². The smallest absolute Gasteiger partial charge is 0.337 e. The summed E-state index contributed by atoms with van der Waals surface area (Å²) >= 11 is 9.53. The third-order valence-corrected chi connectivity index (χ3v) is 10.9. The van der Waals surface area contributed by atoms with Gasteiger partial charge in [0.15, 0.2) is 23.0 Å². The number of oxazole rings is 2. The van der Waals surface area contributed by atoms with E-state index in [4.69, 9.17) is 51.7 Å². The molecule has 2 atom stereocenters. The summed E-state index contributed by atoms with van der Waals surface area (Å²) in [6.45, 7) is 0. The molecule has 20 nitrogen and oxygen atoms in total. The number of hydrogen-bond acceptors (Lipinski definition) is 18. The van der Waals surface area contributed by atoms with E-state index in [1.54, 1.807) is 97.1 Å². The maximum absolute atomic E-state index is 12.3. The fourth-order valence-electron chi connectivity index (χ4n) is 6.89. The van der Waals surface area contributed by atoms with Gasteiger partial charge in [-0.2, -0.15) is 0 Å². The van der Waals surface area contributed by atoms with Crippen molar-refractivity contribution in [2.45, 2.75) is 24.7 Å². The van der Waals surface area contributed by atoms with Crippen molar-refractivity contribution in [2.24, 2.45) is 0 Å². The highest BCUT2D eigenvalue weighted by atomic mass is 35.5. The Morgan fingerprint density at radius 1 is 0.430 bits per heavy atom. The van der Waals surface area contributed by atoms with Crippen LogP contribution in [0.3, 0.4) is 0 Å². The van der Waals surface area contributed by atoms with Gasteiger partial charge in [0, 0.05) is 0 Å². The van der Waals surface area contributed by atoms with Crippen LogP contribution in [0.15, 0.2) is 154 Å². The molecule has 2 heterocycles. The first-order valence-corrected chi connectivity index (χ1v) is 24.2. The summed E-state index contributed by atoms with van der Waals surface area (Å²) in [6.07, 6.45) is 0.369. The summed E-state index contributed by atoms with van der Waals surface area (Å²) in [5.74, 6) is -5.72. The van der Waals surface area contributed by atoms with E-state index in [1.165, 1.54) is 66.9 Å². The number of alkyl halides is 2. The van der Waals surface area contributed by atoms with Crippen LogP contribution in [0.4, 0.5) is 0 Å². The maximum Gasteiger partial charge on any atom is 0.337 e. The van der Waals surface area contributed by atoms with E-state index in [2.05, 4.69) is 28.9 Å². The molecule has 0 aliphatic heterocycles. The quantitative estimate of drug-likeness (QED) is 0.0582. The summed E-state index contributed by atoms with van der Waals surface area (Å²) in [6, 6.07) is 39.6. The molecule has 0 saturated heterocycles. The van der Waals surface area contributed by atoms with Crippen molar-refractivity contribution in [3.63, 3.8) is 0 Å². The molecule has 0 fully saturated rings. The first-order chi connectivity index (χ1) is 37.9. The van der Waals surface area contributed by atoms with Crippen LogP contribution < -0.4 is 0 Å². The number of nitrogens with zero attached hydrogens (tertiary/aromatic N) is 2. The molecule has 0 bridgehead atoms. The number of methoxy groups -OCH3 is 6. The predicted molar refractivity (Wildman–Crippen MR) is 286 cm³/mol. The molecule has 79 heavy (non-hydrogen) atoms. The van der Waals surface area contributed by atoms with Crippen molar-refractivity contribution < 1.29 is 85.8 Å². The number of rotatable bonds is 14. The molecule has 0 aliphatic rings. The van der Waals surface area contributed by atoms with Gasteiger partial charge in [-0.25, -0.2) is 29.1 Å².